The number of phenols is 2. The fraction of sp³-hybridized carbons (Fsp3) is 0.357. The number of amides is 5. The number of benzene rings is 5. The monoisotopic (exact) mass is 999 g/mol. The highest BCUT2D eigenvalue weighted by molar-refractivity contribution is 5.99. The first-order chi connectivity index (χ1) is 35.0. The van der Waals surface area contributed by atoms with E-state index in [-0.39, 0.29) is 49.4 Å². The molecular formula is C56H65N5O12. The Morgan fingerprint density at radius 2 is 0.973 bits per heavy atom. The van der Waals surface area contributed by atoms with Crippen LogP contribution in [0.5, 0.6) is 23.0 Å². The number of hydrogen-bond acceptors (Lipinski definition) is 12. The predicted octanol–water partition coefficient (Wildman–Crippen LogP) is 6.91. The van der Waals surface area contributed by atoms with Crippen LogP contribution >= 0.6 is 0 Å². The lowest BCUT2D eigenvalue weighted by Crippen LogP contribution is -2.50. The molecule has 0 saturated carbocycles. The van der Waals surface area contributed by atoms with Crippen molar-refractivity contribution in [3.63, 3.8) is 0 Å². The first kappa shape index (κ1) is 54.3. The van der Waals surface area contributed by atoms with Crippen molar-refractivity contribution in [2.24, 2.45) is 0 Å². The molecule has 5 aromatic rings. The molecule has 0 saturated heterocycles. The minimum atomic E-state index is -1.05. The van der Waals surface area contributed by atoms with Crippen LogP contribution in [0.4, 0.5) is 10.5 Å². The highest BCUT2D eigenvalue weighted by Gasteiger charge is 2.27. The quantitative estimate of drug-likeness (QED) is 0.0344. The lowest BCUT2D eigenvalue weighted by Gasteiger charge is -2.22. The van der Waals surface area contributed by atoms with Crippen LogP contribution in [0.15, 0.2) is 91.0 Å². The topological polar surface area (TPSA) is 240 Å². The number of esters is 1. The van der Waals surface area contributed by atoms with Crippen molar-refractivity contribution >= 4 is 41.4 Å². The van der Waals surface area contributed by atoms with Crippen LogP contribution in [0.25, 0.3) is 0 Å². The van der Waals surface area contributed by atoms with Gasteiger partial charge in [0.25, 0.3) is 5.91 Å². The van der Waals surface area contributed by atoms with Gasteiger partial charge in [0.15, 0.2) is 0 Å². The number of alkyl carbamates (subject to hydrolysis) is 1. The van der Waals surface area contributed by atoms with Gasteiger partial charge in [0, 0.05) is 48.1 Å². The van der Waals surface area contributed by atoms with Gasteiger partial charge in [-0.15, -0.1) is 0 Å². The maximum atomic E-state index is 14.0. The molecule has 0 fully saturated rings. The number of ether oxygens (including phenoxy) is 4. The third-order valence-electron chi connectivity index (χ3n) is 12.2. The van der Waals surface area contributed by atoms with E-state index in [9.17, 15) is 39.0 Å². The van der Waals surface area contributed by atoms with Crippen molar-refractivity contribution in [2.75, 3.05) is 25.6 Å². The van der Waals surface area contributed by atoms with E-state index in [0.717, 1.165) is 5.56 Å². The Labute approximate surface area is 425 Å². The molecule has 0 spiro atoms. The third kappa shape index (κ3) is 14.3. The van der Waals surface area contributed by atoms with Crippen molar-refractivity contribution in [1.29, 1.82) is 0 Å². The first-order valence-electron chi connectivity index (χ1n) is 24.4. The van der Waals surface area contributed by atoms with E-state index < -0.39 is 59.9 Å². The second-order valence-electron chi connectivity index (χ2n) is 18.1. The summed E-state index contributed by atoms with van der Waals surface area (Å²) in [6.45, 7) is 10.6. The average molecular weight is 1000 g/mol. The van der Waals surface area contributed by atoms with Gasteiger partial charge in [-0.2, -0.15) is 0 Å². The Morgan fingerprint density at radius 3 is 1.44 bits per heavy atom. The van der Waals surface area contributed by atoms with Crippen molar-refractivity contribution < 1.29 is 57.9 Å². The first-order valence-corrected chi connectivity index (χ1v) is 24.4. The summed E-state index contributed by atoms with van der Waals surface area (Å²) >= 11 is 0. The number of methoxy groups -OCH3 is 1. The summed E-state index contributed by atoms with van der Waals surface area (Å²) in [6.07, 6.45) is 1.04. The van der Waals surface area contributed by atoms with Crippen molar-refractivity contribution in [1.82, 2.24) is 21.3 Å². The minimum absolute atomic E-state index is 0.00892. The van der Waals surface area contributed by atoms with Gasteiger partial charge in [-0.1, -0.05) is 80.6 Å². The van der Waals surface area contributed by atoms with Gasteiger partial charge in [-0.25, -0.2) is 9.59 Å². The number of carbonyl (C=O) groups excluding carboxylic acids is 6. The molecule has 5 aromatic carbocycles. The van der Waals surface area contributed by atoms with Crippen LogP contribution in [0.2, 0.25) is 0 Å². The predicted molar refractivity (Wildman–Crippen MR) is 274 cm³/mol. The molecule has 1 aliphatic carbocycles. The summed E-state index contributed by atoms with van der Waals surface area (Å²) in [6, 6.07) is 22.6. The van der Waals surface area contributed by atoms with E-state index >= 15 is 0 Å². The van der Waals surface area contributed by atoms with Gasteiger partial charge in [0.05, 0.1) is 20.3 Å². The Morgan fingerprint density at radius 1 is 0.534 bits per heavy atom. The Kier molecular flexibility index (Phi) is 18.8. The van der Waals surface area contributed by atoms with E-state index in [4.69, 9.17) is 18.9 Å². The van der Waals surface area contributed by atoms with Crippen molar-refractivity contribution in [3.8, 4) is 23.0 Å². The Bertz CT molecular complexity index is 2710. The molecule has 0 unspecified atom stereocenters. The van der Waals surface area contributed by atoms with Gasteiger partial charge in [0.2, 0.25) is 17.7 Å². The van der Waals surface area contributed by atoms with Crippen molar-refractivity contribution in [2.45, 2.75) is 111 Å². The Balaban J connectivity index is 1.35. The number of hydrogen-bond donors (Lipinski definition) is 7. The molecule has 17 nitrogen and oxygen atoms in total. The summed E-state index contributed by atoms with van der Waals surface area (Å²) in [7, 11) is 1.21. The van der Waals surface area contributed by atoms with Crippen LogP contribution in [0.3, 0.4) is 0 Å². The van der Waals surface area contributed by atoms with Crippen molar-refractivity contribution in [3.05, 3.63) is 147 Å². The summed E-state index contributed by atoms with van der Waals surface area (Å²) in [4.78, 5) is 78.6. The second-order valence-corrected chi connectivity index (χ2v) is 18.1. The molecule has 73 heavy (non-hydrogen) atoms. The molecule has 0 radical (unpaired) electrons. The van der Waals surface area contributed by atoms with E-state index in [1.807, 2.05) is 68.4 Å². The number of anilines is 1. The van der Waals surface area contributed by atoms with E-state index in [1.54, 1.807) is 36.4 Å². The molecule has 4 atom stereocenters. The molecule has 17 heteroatoms. The maximum Gasteiger partial charge on any atom is 0.408 e. The van der Waals surface area contributed by atoms with Gasteiger partial charge in [-0.05, 0) is 104 Å². The smallest absolute Gasteiger partial charge is 0.408 e. The summed E-state index contributed by atoms with van der Waals surface area (Å²) in [5.41, 5.74) is 5.76. The van der Waals surface area contributed by atoms with Crippen LogP contribution < -0.4 is 36.1 Å². The summed E-state index contributed by atoms with van der Waals surface area (Å²) in [5.74, 6) is -2.02. The number of para-hydroxylation sites is 2. The van der Waals surface area contributed by atoms with Crippen LogP contribution in [0, 0.1) is 0 Å². The molecular weight excluding hydrogens is 935 g/mol. The third-order valence-corrected chi connectivity index (χ3v) is 12.2. The van der Waals surface area contributed by atoms with E-state index in [2.05, 4.69) is 26.6 Å². The van der Waals surface area contributed by atoms with Gasteiger partial charge >= 0.3 is 12.1 Å². The average Bonchev–Trinajstić information content (AvgIpc) is 3.37. The number of fused-ring (bicyclic) bond motifs is 8. The zero-order valence-corrected chi connectivity index (χ0v) is 42.3. The lowest BCUT2D eigenvalue weighted by atomic mass is 9.90. The normalized spacial score (nSPS) is 13.4. The van der Waals surface area contributed by atoms with Crippen LogP contribution in [-0.4, -0.2) is 90.4 Å². The minimum Gasteiger partial charge on any atom is -0.507 e. The van der Waals surface area contributed by atoms with Gasteiger partial charge in [-0.3, -0.25) is 19.2 Å². The number of nitrogens with one attached hydrogen (secondary N) is 5. The van der Waals surface area contributed by atoms with Crippen LogP contribution in [-0.2, 0) is 60.9 Å². The van der Waals surface area contributed by atoms with Gasteiger partial charge < -0.3 is 55.7 Å². The molecule has 386 valence electrons. The fourth-order valence-electron chi connectivity index (χ4n) is 8.28. The second kappa shape index (κ2) is 25.3. The lowest BCUT2D eigenvalue weighted by molar-refractivity contribution is -0.144. The molecule has 8 bridgehead atoms. The maximum absolute atomic E-state index is 14.0. The van der Waals surface area contributed by atoms with E-state index in [1.165, 1.54) is 34.8 Å². The SMILES string of the molecule is CCCOc1c2cccc1Cc1cc(C(=O)N[C@@H](C)C(=O)N[C@@H](C)C(=O)OC)cc(c1O)Cc1cccc(c1OCCC)Cc1cc(NC(=O)[C@H](C)NC(=O)[C@H](C)NC(=O)OCc3ccccc3)cc(c1O)C2. The fourth-order valence-corrected chi connectivity index (χ4v) is 8.28. The number of rotatable bonds is 18. The van der Waals surface area contributed by atoms with Crippen LogP contribution in [0.1, 0.15) is 115 Å². The number of aromatic hydroxyl groups is 2. The summed E-state index contributed by atoms with van der Waals surface area (Å²) < 4.78 is 22.9. The number of carbonyl (C=O) groups is 6. The number of phenolic OH excluding ortho intramolecular Hbond substituents is 2. The highest BCUT2D eigenvalue weighted by Crippen LogP contribution is 2.40. The van der Waals surface area contributed by atoms with E-state index in [0.29, 0.717) is 87.7 Å². The zero-order valence-electron chi connectivity index (χ0n) is 42.3. The molecule has 7 N–H and O–H groups in total. The zero-order chi connectivity index (χ0) is 52.8. The summed E-state index contributed by atoms with van der Waals surface area (Å²) in [5, 5.41) is 37.6. The molecule has 0 heterocycles. The largest absolute Gasteiger partial charge is 0.507 e. The Hall–Kier alpha value is -8.08. The standard InChI is InChI=1S/C56H65N5O12/c1-8-21-71-49-37-17-13-19-39(49)25-43-29-46(61-53(66)33(4)57-52(65)34(5)60-56(69)73-31-36-15-11-10-12-16-36)30-44(48(43)63)26-40-20-14-18-38(50(40)72-22-9-2)24-42-28-45(27-41(23-37)47(42)62)54(67)58-32(3)51(64)59-35(6)55(68)70-7/h10-20,27-30,32-35,62-63H,8-9,21-26,31H2,1-7H3,(H,57,65)(H,58,67)(H,59,64)(H,60,69)(H,61,66)/t32-,33-,34-,35-/m0/s1. The van der Waals surface area contributed by atoms with Gasteiger partial charge in [0.1, 0.15) is 53.8 Å². The molecule has 5 amide bonds. The highest BCUT2D eigenvalue weighted by atomic mass is 16.5. The molecule has 6 rings (SSSR count). The molecule has 0 aromatic heterocycles. The molecule has 0 aliphatic heterocycles. The molecule has 1 aliphatic rings.